The largest absolute Gasteiger partial charge is 0.478 e. The number of carbonyl (C=O) groups is 4. The van der Waals surface area contributed by atoms with Crippen molar-refractivity contribution >= 4 is 74.8 Å². The second kappa shape index (κ2) is 12.6. The van der Waals surface area contributed by atoms with Crippen molar-refractivity contribution in [1.29, 1.82) is 0 Å². The molecule has 20 heteroatoms. The lowest BCUT2D eigenvalue weighted by Crippen LogP contribution is -2.71. The molecule has 0 spiro atoms. The molecular weight excluding hydrogens is 625 g/mol. The topological polar surface area (TPSA) is 265 Å². The number of aliphatic imine (C=N–C) groups is 1. The number of anilines is 1. The Morgan fingerprint density at radius 1 is 1.35 bits per heavy atom. The van der Waals surface area contributed by atoms with Crippen LogP contribution in [-0.4, -0.2) is 105 Å². The lowest BCUT2D eigenvalue weighted by Gasteiger charge is -2.49. The van der Waals surface area contributed by atoms with Gasteiger partial charge in [-0.05, 0) is 25.5 Å². The number of carboxylic acids is 2. The van der Waals surface area contributed by atoms with Crippen LogP contribution >= 0.6 is 35.1 Å². The van der Waals surface area contributed by atoms with Gasteiger partial charge in [-0.15, -0.1) is 18.3 Å². The van der Waals surface area contributed by atoms with Crippen molar-refractivity contribution in [1.82, 2.24) is 24.5 Å². The van der Waals surface area contributed by atoms with Crippen LogP contribution in [0.25, 0.3) is 0 Å². The van der Waals surface area contributed by atoms with E-state index in [0.717, 1.165) is 16.4 Å². The Hall–Kier alpha value is -4.14. The quantitative estimate of drug-likeness (QED) is 0.0733. The normalized spacial score (nSPS) is 22.3. The summed E-state index contributed by atoms with van der Waals surface area (Å²) in [6.07, 6.45) is 2.69. The van der Waals surface area contributed by atoms with E-state index in [1.165, 1.54) is 37.4 Å². The molecule has 2 amide bonds. The maximum atomic E-state index is 13.2. The summed E-state index contributed by atoms with van der Waals surface area (Å²) in [4.78, 5) is 66.3. The number of fused-ring (bicyclic) bond motifs is 1. The molecule has 0 radical (unpaired) electrons. The Balaban J connectivity index is 1.52. The number of carbonyl (C=O) groups excluding carboxylic acids is 2. The number of nitrogen functional groups attached to an aromatic ring is 1. The van der Waals surface area contributed by atoms with Gasteiger partial charge in [-0.1, -0.05) is 23.0 Å². The number of hydrogen-bond donors (Lipinski definition) is 6. The minimum Gasteiger partial charge on any atom is -0.478 e. The molecule has 17 nitrogen and oxygen atoms in total. The number of thioether (sulfide) groups is 2. The van der Waals surface area contributed by atoms with Crippen molar-refractivity contribution in [3.63, 3.8) is 0 Å². The molecule has 0 bridgehead atoms. The zero-order chi connectivity index (χ0) is 31.6. The number of amides is 2. The standard InChI is InChI=1S/C23H28N10O7S3/c1-4-5-32-11(25)6-10(24)27-22(32)42-8-9-7-41-18-13(17(35)33(18)14(9)19(36)37)28-16(34)12(15-29-21(26)43-31-15)30-40-23(2,3)20(38)39/h4,6,11,13,18H,1,5,7-8,24-25H2,2-3H3,(H,28,34)(H,36,37)(H,38,39)(H2,26,29,31)/b30-12-/t11?,13?,18-/m0/s1. The number of nitrogens with zero attached hydrogens (tertiary/aromatic N) is 6. The van der Waals surface area contributed by atoms with E-state index in [4.69, 9.17) is 22.0 Å². The Kier molecular flexibility index (Phi) is 9.32. The van der Waals surface area contributed by atoms with Crippen LogP contribution in [0.4, 0.5) is 5.13 Å². The molecule has 4 rings (SSSR count). The van der Waals surface area contributed by atoms with Gasteiger partial charge in [0.1, 0.15) is 29.1 Å². The number of carboxylic acid groups (broad SMARTS) is 2. The molecule has 1 saturated heterocycles. The highest BCUT2D eigenvalue weighted by Crippen LogP contribution is 2.41. The first-order valence-corrected chi connectivity index (χ1v) is 15.2. The highest BCUT2D eigenvalue weighted by molar-refractivity contribution is 8.14. The van der Waals surface area contributed by atoms with E-state index in [1.54, 1.807) is 17.1 Å². The summed E-state index contributed by atoms with van der Waals surface area (Å²) in [6, 6.07) is -1.12. The average molecular weight is 653 g/mol. The van der Waals surface area contributed by atoms with Crippen LogP contribution in [0.1, 0.15) is 19.7 Å². The van der Waals surface area contributed by atoms with Crippen molar-refractivity contribution in [2.24, 2.45) is 21.6 Å². The number of hydrogen-bond acceptors (Lipinski definition) is 16. The molecule has 0 saturated carbocycles. The Morgan fingerprint density at radius 2 is 2.07 bits per heavy atom. The Bertz CT molecular complexity index is 1490. The first-order chi connectivity index (χ1) is 20.2. The zero-order valence-electron chi connectivity index (χ0n) is 22.8. The second-order valence-corrected chi connectivity index (χ2v) is 12.5. The van der Waals surface area contributed by atoms with Crippen LogP contribution in [0.5, 0.6) is 0 Å². The fourth-order valence-electron chi connectivity index (χ4n) is 3.93. The molecule has 1 fully saturated rings. The van der Waals surface area contributed by atoms with Crippen LogP contribution in [0, 0.1) is 0 Å². The number of nitrogens with two attached hydrogens (primary N) is 3. The Labute approximate surface area is 257 Å². The summed E-state index contributed by atoms with van der Waals surface area (Å²) in [6.45, 7) is 6.54. The lowest BCUT2D eigenvalue weighted by atomic mass is 10.0. The van der Waals surface area contributed by atoms with Crippen molar-refractivity contribution in [2.75, 3.05) is 23.8 Å². The van der Waals surface area contributed by atoms with E-state index in [-0.39, 0.29) is 34.0 Å². The molecule has 9 N–H and O–H groups in total. The smallest absolute Gasteiger partial charge is 0.352 e. The highest BCUT2D eigenvalue weighted by atomic mass is 32.2. The highest BCUT2D eigenvalue weighted by Gasteiger charge is 2.54. The summed E-state index contributed by atoms with van der Waals surface area (Å²) >= 11 is 3.25. The monoisotopic (exact) mass is 652 g/mol. The third-order valence-corrected chi connectivity index (χ3v) is 9.12. The van der Waals surface area contributed by atoms with Crippen molar-refractivity contribution in [2.45, 2.75) is 37.0 Å². The van der Waals surface area contributed by atoms with E-state index >= 15 is 0 Å². The third kappa shape index (κ3) is 6.60. The number of amidine groups is 1. The van der Waals surface area contributed by atoms with Gasteiger partial charge in [-0.25, -0.2) is 14.6 Å². The van der Waals surface area contributed by atoms with Crippen LogP contribution in [0.2, 0.25) is 0 Å². The molecule has 2 unspecified atom stereocenters. The molecule has 1 aromatic heterocycles. The van der Waals surface area contributed by atoms with Crippen LogP contribution in [-0.2, 0) is 24.0 Å². The maximum Gasteiger partial charge on any atom is 0.352 e. The second-order valence-electron chi connectivity index (χ2n) is 9.63. The number of aromatic nitrogens is 2. The van der Waals surface area contributed by atoms with Gasteiger partial charge in [0.2, 0.25) is 17.1 Å². The van der Waals surface area contributed by atoms with Gasteiger partial charge in [-0.2, -0.15) is 9.36 Å². The first kappa shape index (κ1) is 31.8. The number of aliphatic carboxylic acids is 2. The third-order valence-electron chi connectivity index (χ3n) is 6.16. The molecule has 3 atom stereocenters. The minimum absolute atomic E-state index is 0.0101. The summed E-state index contributed by atoms with van der Waals surface area (Å²) < 4.78 is 3.93. The van der Waals surface area contributed by atoms with E-state index in [0.29, 0.717) is 17.3 Å². The van der Waals surface area contributed by atoms with Crippen LogP contribution < -0.4 is 22.5 Å². The van der Waals surface area contributed by atoms with E-state index in [2.05, 4.69) is 31.4 Å². The predicted octanol–water partition coefficient (Wildman–Crippen LogP) is -0.881. The van der Waals surface area contributed by atoms with E-state index < -0.39 is 52.6 Å². The molecule has 0 aliphatic carbocycles. The Morgan fingerprint density at radius 3 is 2.67 bits per heavy atom. The van der Waals surface area contributed by atoms with E-state index in [9.17, 15) is 29.4 Å². The number of nitrogens with one attached hydrogen (secondary N) is 1. The van der Waals surface area contributed by atoms with Gasteiger partial charge < -0.3 is 42.5 Å². The summed E-state index contributed by atoms with van der Waals surface area (Å²) in [5.41, 5.74) is 15.6. The van der Waals surface area contributed by atoms with Gasteiger partial charge in [0.05, 0.1) is 0 Å². The predicted molar refractivity (Wildman–Crippen MR) is 160 cm³/mol. The van der Waals surface area contributed by atoms with Gasteiger partial charge in [-0.3, -0.25) is 14.5 Å². The van der Waals surface area contributed by atoms with E-state index in [1.807, 2.05) is 0 Å². The fraction of sp³-hybridized carbons (Fsp3) is 0.391. The molecule has 3 aliphatic heterocycles. The fourth-order valence-corrected chi connectivity index (χ4v) is 6.91. The number of β-lactam (4-membered cyclic amide) rings is 1. The SMILES string of the molecule is C=CCN1C(SCC2=C(C(=O)O)N3C(=O)C(NC(=O)/C(=N\OC(C)(C)C(=O)O)c4nsc(N)n4)[C@@H]3SC2)=NC(N)=CC1N. The minimum atomic E-state index is -1.80. The number of oxime groups is 1. The number of rotatable bonds is 11. The van der Waals surface area contributed by atoms with Gasteiger partial charge in [0.15, 0.2) is 10.3 Å². The summed E-state index contributed by atoms with van der Waals surface area (Å²) in [7, 11) is 0. The molecule has 0 aromatic carbocycles. The molecular formula is C23H28N10O7S3. The van der Waals surface area contributed by atoms with Crippen LogP contribution in [0.3, 0.4) is 0 Å². The lowest BCUT2D eigenvalue weighted by molar-refractivity contribution is -0.161. The van der Waals surface area contributed by atoms with Gasteiger partial charge in [0, 0.05) is 29.6 Å². The molecule has 230 valence electrons. The molecule has 3 aliphatic rings. The maximum absolute atomic E-state index is 13.2. The average Bonchev–Trinajstić information content (AvgIpc) is 3.36. The first-order valence-electron chi connectivity index (χ1n) is 12.4. The summed E-state index contributed by atoms with van der Waals surface area (Å²) in [5.74, 6) is -3.86. The van der Waals surface area contributed by atoms with Gasteiger partial charge in [0.25, 0.3) is 11.8 Å². The zero-order valence-corrected chi connectivity index (χ0v) is 25.2. The summed E-state index contributed by atoms with van der Waals surface area (Å²) in [5, 5.41) is 25.3. The van der Waals surface area contributed by atoms with Crippen molar-refractivity contribution in [3.05, 3.63) is 41.6 Å². The van der Waals surface area contributed by atoms with Crippen molar-refractivity contribution in [3.8, 4) is 0 Å². The molecule has 1 aromatic rings. The van der Waals surface area contributed by atoms with Crippen molar-refractivity contribution < 1.29 is 34.2 Å². The molecule has 43 heavy (non-hydrogen) atoms. The van der Waals surface area contributed by atoms with Gasteiger partial charge >= 0.3 is 11.9 Å². The van der Waals surface area contributed by atoms with Crippen LogP contribution in [0.15, 0.2) is 46.0 Å². The molecule has 4 heterocycles.